The lowest BCUT2D eigenvalue weighted by molar-refractivity contribution is -0.141. The van der Waals surface area contributed by atoms with Gasteiger partial charge in [0.1, 0.15) is 6.04 Å². The van der Waals surface area contributed by atoms with Crippen molar-refractivity contribution in [2.24, 2.45) is 0 Å². The first-order valence-electron chi connectivity index (χ1n) is 10.6. The summed E-state index contributed by atoms with van der Waals surface area (Å²) in [5.41, 5.74) is 2.48. The van der Waals surface area contributed by atoms with Crippen LogP contribution in [0.5, 0.6) is 0 Å². The van der Waals surface area contributed by atoms with Gasteiger partial charge in [-0.1, -0.05) is 84.4 Å². The van der Waals surface area contributed by atoms with Crippen LogP contribution in [0.2, 0.25) is 5.02 Å². The molecule has 3 aromatic rings. The number of amides is 2. The molecule has 0 saturated heterocycles. The van der Waals surface area contributed by atoms with Gasteiger partial charge in [-0.25, -0.2) is 0 Å². The molecule has 0 aliphatic heterocycles. The number of rotatable bonds is 10. The molecule has 0 radical (unpaired) electrons. The van der Waals surface area contributed by atoms with Gasteiger partial charge < -0.3 is 15.3 Å². The second kappa shape index (κ2) is 12.0. The predicted octanol–water partition coefficient (Wildman–Crippen LogP) is 4.15. The van der Waals surface area contributed by atoms with Crippen molar-refractivity contribution in [3.05, 3.63) is 107 Å². The summed E-state index contributed by atoms with van der Waals surface area (Å²) in [7, 11) is 0. The fourth-order valence-electron chi connectivity index (χ4n) is 3.48. The molecule has 166 valence electrons. The number of benzene rings is 3. The minimum Gasteiger partial charge on any atom is -0.396 e. The number of aliphatic hydroxyl groups excluding tert-OH is 1. The summed E-state index contributed by atoms with van der Waals surface area (Å²) in [5, 5.41) is 12.6. The van der Waals surface area contributed by atoms with Crippen LogP contribution in [-0.2, 0) is 22.6 Å². The van der Waals surface area contributed by atoms with Gasteiger partial charge >= 0.3 is 0 Å². The van der Waals surface area contributed by atoms with Gasteiger partial charge in [0.25, 0.3) is 0 Å². The van der Waals surface area contributed by atoms with Crippen LogP contribution in [0.3, 0.4) is 0 Å². The molecular weight excluding hydrogens is 424 g/mol. The van der Waals surface area contributed by atoms with Crippen LogP contribution < -0.4 is 5.32 Å². The van der Waals surface area contributed by atoms with Gasteiger partial charge in [0.05, 0.1) is 6.42 Å². The van der Waals surface area contributed by atoms with Crippen LogP contribution in [0.15, 0.2) is 84.9 Å². The molecule has 2 N–H and O–H groups in total. The molecule has 5 nitrogen and oxygen atoms in total. The normalized spacial score (nSPS) is 11.6. The molecule has 0 fully saturated rings. The number of carbonyl (C=O) groups excluding carboxylic acids is 2. The third-order valence-corrected chi connectivity index (χ3v) is 5.35. The van der Waals surface area contributed by atoms with Crippen LogP contribution in [0.4, 0.5) is 0 Å². The summed E-state index contributed by atoms with van der Waals surface area (Å²) in [5.74, 6) is -0.433. The van der Waals surface area contributed by atoms with E-state index in [0.717, 1.165) is 16.7 Å². The van der Waals surface area contributed by atoms with Gasteiger partial charge in [0.2, 0.25) is 11.8 Å². The lowest BCUT2D eigenvalue weighted by Gasteiger charge is -2.32. The molecule has 3 rings (SSSR count). The molecule has 0 bridgehead atoms. The van der Waals surface area contributed by atoms with Crippen molar-refractivity contribution in [3.63, 3.8) is 0 Å². The average molecular weight is 451 g/mol. The number of aliphatic hydroxyl groups is 1. The van der Waals surface area contributed by atoms with E-state index >= 15 is 0 Å². The van der Waals surface area contributed by atoms with Crippen molar-refractivity contribution >= 4 is 23.4 Å². The maximum absolute atomic E-state index is 13.5. The quantitative estimate of drug-likeness (QED) is 0.456. The number of carbonyl (C=O) groups is 2. The van der Waals surface area contributed by atoms with E-state index in [9.17, 15) is 9.59 Å². The summed E-state index contributed by atoms with van der Waals surface area (Å²) in [6.45, 7) is 0.577. The molecule has 1 atom stereocenters. The lowest BCUT2D eigenvalue weighted by atomic mass is 10.0. The maximum Gasteiger partial charge on any atom is 0.247 e. The second-order valence-electron chi connectivity index (χ2n) is 7.49. The van der Waals surface area contributed by atoms with Crippen molar-refractivity contribution in [1.29, 1.82) is 0 Å². The summed E-state index contributed by atoms with van der Waals surface area (Å²) >= 11 is 6.03. The minimum atomic E-state index is -0.804. The van der Waals surface area contributed by atoms with Crippen LogP contribution in [-0.4, -0.2) is 35.0 Å². The molecule has 0 aliphatic carbocycles. The van der Waals surface area contributed by atoms with Crippen LogP contribution in [0, 0.1) is 0 Å². The zero-order valence-corrected chi connectivity index (χ0v) is 18.5. The van der Waals surface area contributed by atoms with Crippen LogP contribution in [0.1, 0.15) is 29.2 Å². The molecule has 0 spiro atoms. The SMILES string of the molecule is O=C(NCCCO)[C@@H](c1ccccc1)N(Cc1ccc(Cl)cc1)C(=O)Cc1ccccc1. The van der Waals surface area contributed by atoms with Gasteiger partial charge in [-0.15, -0.1) is 0 Å². The van der Waals surface area contributed by atoms with E-state index in [1.165, 1.54) is 0 Å². The monoisotopic (exact) mass is 450 g/mol. The number of nitrogens with one attached hydrogen (secondary N) is 1. The van der Waals surface area contributed by atoms with E-state index in [1.807, 2.05) is 72.8 Å². The molecule has 0 aliphatic rings. The highest BCUT2D eigenvalue weighted by Gasteiger charge is 2.31. The third kappa shape index (κ3) is 6.67. The Kier molecular flexibility index (Phi) is 8.84. The maximum atomic E-state index is 13.5. The first-order valence-corrected chi connectivity index (χ1v) is 11.0. The molecule has 3 aromatic carbocycles. The molecule has 32 heavy (non-hydrogen) atoms. The standard InChI is InChI=1S/C26H27ClN2O3/c27-23-14-12-21(13-15-23)19-29(24(31)18-20-8-3-1-4-9-20)25(22-10-5-2-6-11-22)26(32)28-16-7-17-30/h1-6,8-15,25,30H,7,16-19H2,(H,28,32)/t25-/m1/s1. The van der Waals surface area contributed by atoms with Gasteiger partial charge in [-0.2, -0.15) is 0 Å². The van der Waals surface area contributed by atoms with Crippen molar-refractivity contribution in [1.82, 2.24) is 10.2 Å². The van der Waals surface area contributed by atoms with E-state index < -0.39 is 6.04 Å². The van der Waals surface area contributed by atoms with E-state index in [-0.39, 0.29) is 31.4 Å². The zero-order valence-electron chi connectivity index (χ0n) is 17.8. The van der Waals surface area contributed by atoms with Crippen molar-refractivity contribution in [3.8, 4) is 0 Å². The molecular formula is C26H27ClN2O3. The van der Waals surface area contributed by atoms with Gasteiger partial charge in [-0.3, -0.25) is 9.59 Å². The van der Waals surface area contributed by atoms with E-state index in [0.29, 0.717) is 18.0 Å². The number of hydrogen-bond acceptors (Lipinski definition) is 3. The summed E-state index contributed by atoms with van der Waals surface area (Å²) in [6, 6.07) is 25.2. The second-order valence-corrected chi connectivity index (χ2v) is 7.93. The topological polar surface area (TPSA) is 69.6 Å². The smallest absolute Gasteiger partial charge is 0.247 e. The Hall–Kier alpha value is -3.15. The molecule has 0 saturated carbocycles. The fraction of sp³-hybridized carbons (Fsp3) is 0.231. The molecule has 2 amide bonds. The highest BCUT2D eigenvalue weighted by atomic mass is 35.5. The predicted molar refractivity (Wildman–Crippen MR) is 126 cm³/mol. The fourth-order valence-corrected chi connectivity index (χ4v) is 3.60. The molecule has 0 aromatic heterocycles. The van der Waals surface area contributed by atoms with E-state index in [4.69, 9.17) is 16.7 Å². The van der Waals surface area contributed by atoms with Crippen molar-refractivity contribution < 1.29 is 14.7 Å². The molecule has 0 heterocycles. The van der Waals surface area contributed by atoms with Crippen molar-refractivity contribution in [2.75, 3.05) is 13.2 Å². The van der Waals surface area contributed by atoms with Crippen LogP contribution >= 0.6 is 11.6 Å². The van der Waals surface area contributed by atoms with Gasteiger partial charge in [0.15, 0.2) is 0 Å². The summed E-state index contributed by atoms with van der Waals surface area (Å²) < 4.78 is 0. The first kappa shape index (κ1) is 23.5. The first-order chi connectivity index (χ1) is 15.6. The van der Waals surface area contributed by atoms with Gasteiger partial charge in [-0.05, 0) is 35.2 Å². The zero-order chi connectivity index (χ0) is 22.8. The third-order valence-electron chi connectivity index (χ3n) is 5.09. The minimum absolute atomic E-state index is 0.0162. The van der Waals surface area contributed by atoms with Crippen molar-refractivity contribution in [2.45, 2.75) is 25.4 Å². The number of halogens is 1. The Morgan fingerprint density at radius 3 is 2.12 bits per heavy atom. The highest BCUT2D eigenvalue weighted by Crippen LogP contribution is 2.25. The Balaban J connectivity index is 1.96. The Bertz CT molecular complexity index is 995. The van der Waals surface area contributed by atoms with E-state index in [2.05, 4.69) is 5.32 Å². The molecule has 6 heteroatoms. The largest absolute Gasteiger partial charge is 0.396 e. The summed E-state index contributed by atoms with van der Waals surface area (Å²) in [6.07, 6.45) is 0.629. The number of hydrogen-bond donors (Lipinski definition) is 2. The van der Waals surface area contributed by atoms with Crippen LogP contribution in [0.25, 0.3) is 0 Å². The Labute approximate surface area is 193 Å². The summed E-state index contributed by atoms with van der Waals surface area (Å²) in [4.78, 5) is 28.4. The van der Waals surface area contributed by atoms with E-state index in [1.54, 1.807) is 17.0 Å². The number of nitrogens with zero attached hydrogens (tertiary/aromatic N) is 1. The average Bonchev–Trinajstić information content (AvgIpc) is 2.81. The Morgan fingerprint density at radius 1 is 0.875 bits per heavy atom. The van der Waals surface area contributed by atoms with Gasteiger partial charge in [0, 0.05) is 24.7 Å². The molecule has 0 unspecified atom stereocenters. The Morgan fingerprint density at radius 2 is 1.50 bits per heavy atom. The highest BCUT2D eigenvalue weighted by molar-refractivity contribution is 6.30. The lowest BCUT2D eigenvalue weighted by Crippen LogP contribution is -2.44.